The summed E-state index contributed by atoms with van der Waals surface area (Å²) in [5.41, 5.74) is 1.04. The van der Waals surface area contributed by atoms with Gasteiger partial charge in [-0.3, -0.25) is 9.20 Å². The lowest BCUT2D eigenvalue weighted by Gasteiger charge is -2.30. The van der Waals surface area contributed by atoms with Gasteiger partial charge in [0, 0.05) is 40.0 Å². The molecular formula is C21H36IN3O3S. The van der Waals surface area contributed by atoms with E-state index in [0.29, 0.717) is 31.1 Å². The van der Waals surface area contributed by atoms with Crippen LogP contribution in [0.1, 0.15) is 45.1 Å². The van der Waals surface area contributed by atoms with Crippen molar-refractivity contribution in [2.75, 3.05) is 32.6 Å². The Morgan fingerprint density at radius 3 is 2.79 bits per heavy atom. The van der Waals surface area contributed by atoms with Crippen molar-refractivity contribution in [1.82, 2.24) is 10.6 Å². The van der Waals surface area contributed by atoms with Crippen LogP contribution >= 0.6 is 24.0 Å². The number of benzene rings is 1. The highest BCUT2D eigenvalue weighted by Gasteiger charge is 2.25. The van der Waals surface area contributed by atoms with E-state index in [4.69, 9.17) is 9.47 Å². The molecule has 3 unspecified atom stereocenters. The zero-order chi connectivity index (χ0) is 20.2. The third-order valence-corrected chi connectivity index (χ3v) is 6.66. The first-order valence-electron chi connectivity index (χ1n) is 10.3. The Bertz CT molecular complexity index is 645. The summed E-state index contributed by atoms with van der Waals surface area (Å²) in [4.78, 5) is 4.63. The third kappa shape index (κ3) is 9.21. The van der Waals surface area contributed by atoms with Crippen molar-refractivity contribution in [3.63, 3.8) is 0 Å². The second-order valence-electron chi connectivity index (χ2n) is 6.92. The molecule has 0 amide bonds. The Hall–Kier alpha value is -0.870. The summed E-state index contributed by atoms with van der Waals surface area (Å²) >= 11 is 0. The van der Waals surface area contributed by atoms with Crippen LogP contribution in [0.2, 0.25) is 0 Å². The van der Waals surface area contributed by atoms with Crippen molar-refractivity contribution >= 4 is 40.7 Å². The number of aliphatic imine (C=N–C) groups is 1. The van der Waals surface area contributed by atoms with Crippen LogP contribution in [0.4, 0.5) is 0 Å². The third-order valence-electron chi connectivity index (χ3n) is 4.92. The molecular weight excluding hydrogens is 501 g/mol. The molecule has 1 aromatic carbocycles. The maximum absolute atomic E-state index is 12.1. The minimum absolute atomic E-state index is 0. The van der Waals surface area contributed by atoms with Gasteiger partial charge >= 0.3 is 0 Å². The predicted octanol–water partition coefficient (Wildman–Crippen LogP) is 3.46. The SMILES string of the molecule is CCNC(=NCCOCc1ccccc1OC)NC1CCCC(S(=O)CC)C1.I. The predicted molar refractivity (Wildman–Crippen MR) is 132 cm³/mol. The number of para-hydroxylation sites is 1. The molecule has 1 aliphatic carbocycles. The molecule has 29 heavy (non-hydrogen) atoms. The Morgan fingerprint density at radius 1 is 1.28 bits per heavy atom. The van der Waals surface area contributed by atoms with Crippen molar-refractivity contribution in [1.29, 1.82) is 0 Å². The number of halogens is 1. The first-order chi connectivity index (χ1) is 13.7. The number of nitrogens with zero attached hydrogens (tertiary/aromatic N) is 1. The zero-order valence-electron chi connectivity index (χ0n) is 17.8. The largest absolute Gasteiger partial charge is 0.496 e. The minimum Gasteiger partial charge on any atom is -0.496 e. The van der Waals surface area contributed by atoms with E-state index in [1.54, 1.807) is 7.11 Å². The normalized spacial score (nSPS) is 20.4. The molecule has 0 aromatic heterocycles. The van der Waals surface area contributed by atoms with E-state index in [0.717, 1.165) is 55.3 Å². The number of hydrogen-bond donors (Lipinski definition) is 2. The second kappa shape index (κ2) is 15.0. The van der Waals surface area contributed by atoms with E-state index < -0.39 is 10.8 Å². The molecule has 0 radical (unpaired) electrons. The average molecular weight is 538 g/mol. The lowest BCUT2D eigenvalue weighted by molar-refractivity contribution is 0.126. The summed E-state index contributed by atoms with van der Waals surface area (Å²) in [6, 6.07) is 8.21. The molecule has 3 atom stereocenters. The molecule has 0 saturated heterocycles. The molecule has 1 saturated carbocycles. The first-order valence-corrected chi connectivity index (χ1v) is 11.7. The number of nitrogens with one attached hydrogen (secondary N) is 2. The summed E-state index contributed by atoms with van der Waals surface area (Å²) in [6.07, 6.45) is 4.25. The highest BCUT2D eigenvalue weighted by molar-refractivity contribution is 14.0. The van der Waals surface area contributed by atoms with E-state index >= 15 is 0 Å². The molecule has 1 aliphatic rings. The molecule has 2 rings (SSSR count). The highest BCUT2D eigenvalue weighted by atomic mass is 127. The number of hydrogen-bond acceptors (Lipinski definition) is 4. The van der Waals surface area contributed by atoms with Crippen molar-refractivity contribution in [3.8, 4) is 5.75 Å². The number of guanidine groups is 1. The Labute approximate surface area is 195 Å². The van der Waals surface area contributed by atoms with Crippen LogP contribution in [0.3, 0.4) is 0 Å². The summed E-state index contributed by atoms with van der Waals surface area (Å²) in [7, 11) is 0.958. The Balaban J connectivity index is 0.00000420. The Kier molecular flexibility index (Phi) is 13.5. The van der Waals surface area contributed by atoms with Gasteiger partial charge in [0.05, 0.1) is 26.9 Å². The zero-order valence-corrected chi connectivity index (χ0v) is 21.0. The Morgan fingerprint density at radius 2 is 2.07 bits per heavy atom. The number of ether oxygens (including phenoxy) is 2. The topological polar surface area (TPSA) is 72.0 Å². The smallest absolute Gasteiger partial charge is 0.191 e. The van der Waals surface area contributed by atoms with Gasteiger partial charge < -0.3 is 20.1 Å². The molecule has 8 heteroatoms. The van der Waals surface area contributed by atoms with Gasteiger partial charge in [-0.1, -0.05) is 31.5 Å². The van der Waals surface area contributed by atoms with Crippen LogP contribution in [0, 0.1) is 0 Å². The summed E-state index contributed by atoms with van der Waals surface area (Å²) in [5, 5.41) is 7.13. The second-order valence-corrected chi connectivity index (χ2v) is 8.93. The minimum atomic E-state index is -0.712. The van der Waals surface area contributed by atoms with Crippen molar-refractivity contribution in [3.05, 3.63) is 29.8 Å². The fourth-order valence-electron chi connectivity index (χ4n) is 3.49. The molecule has 1 aromatic rings. The van der Waals surface area contributed by atoms with Gasteiger partial charge in [0.25, 0.3) is 0 Å². The summed E-state index contributed by atoms with van der Waals surface area (Å²) in [5.74, 6) is 2.41. The van der Waals surface area contributed by atoms with Crippen LogP contribution in [-0.4, -0.2) is 54.0 Å². The van der Waals surface area contributed by atoms with Gasteiger partial charge in [-0.15, -0.1) is 24.0 Å². The van der Waals surface area contributed by atoms with E-state index in [1.165, 1.54) is 0 Å². The van der Waals surface area contributed by atoms with Gasteiger partial charge in [-0.05, 0) is 32.3 Å². The van der Waals surface area contributed by atoms with Crippen LogP contribution in [0.15, 0.2) is 29.3 Å². The van der Waals surface area contributed by atoms with Crippen LogP contribution in [-0.2, 0) is 22.1 Å². The van der Waals surface area contributed by atoms with Gasteiger partial charge in [-0.2, -0.15) is 0 Å². The van der Waals surface area contributed by atoms with E-state index in [1.807, 2.05) is 31.2 Å². The molecule has 166 valence electrons. The lowest BCUT2D eigenvalue weighted by Crippen LogP contribution is -2.46. The van der Waals surface area contributed by atoms with Crippen molar-refractivity contribution < 1.29 is 13.7 Å². The quantitative estimate of drug-likeness (QED) is 0.207. The molecule has 6 nitrogen and oxygen atoms in total. The summed E-state index contributed by atoms with van der Waals surface area (Å²) in [6.45, 7) is 6.51. The monoisotopic (exact) mass is 537 g/mol. The van der Waals surface area contributed by atoms with Gasteiger partial charge in [-0.25, -0.2) is 0 Å². The van der Waals surface area contributed by atoms with Gasteiger partial charge in [0.2, 0.25) is 0 Å². The number of methoxy groups -OCH3 is 1. The van der Waals surface area contributed by atoms with Crippen LogP contribution in [0.25, 0.3) is 0 Å². The molecule has 0 aliphatic heterocycles. The fourth-order valence-corrected chi connectivity index (χ4v) is 4.84. The van der Waals surface area contributed by atoms with Gasteiger partial charge in [0.1, 0.15) is 5.75 Å². The fraction of sp³-hybridized carbons (Fsp3) is 0.667. The lowest BCUT2D eigenvalue weighted by atomic mass is 9.95. The molecule has 0 spiro atoms. The van der Waals surface area contributed by atoms with E-state index in [2.05, 4.69) is 22.5 Å². The first kappa shape index (κ1) is 26.2. The van der Waals surface area contributed by atoms with Gasteiger partial charge in [0.15, 0.2) is 5.96 Å². The molecule has 2 N–H and O–H groups in total. The summed E-state index contributed by atoms with van der Waals surface area (Å²) < 4.78 is 23.2. The molecule has 1 fully saturated rings. The number of rotatable bonds is 10. The maximum Gasteiger partial charge on any atom is 0.191 e. The van der Waals surface area contributed by atoms with E-state index in [9.17, 15) is 4.21 Å². The van der Waals surface area contributed by atoms with Crippen LogP contribution < -0.4 is 15.4 Å². The van der Waals surface area contributed by atoms with Crippen molar-refractivity contribution in [2.24, 2.45) is 4.99 Å². The molecule has 0 bridgehead atoms. The standard InChI is InChI=1S/C21H35N3O3S.HI/c1-4-22-21(24-18-10-8-11-19(15-18)28(25)5-2)23-13-14-27-16-17-9-6-7-12-20(17)26-3;/h6-7,9,12,18-19H,4-5,8,10-11,13-16H2,1-3H3,(H2,22,23,24);1H. The maximum atomic E-state index is 12.1. The molecule has 0 heterocycles. The van der Waals surface area contributed by atoms with E-state index in [-0.39, 0.29) is 24.0 Å². The highest BCUT2D eigenvalue weighted by Crippen LogP contribution is 2.23. The van der Waals surface area contributed by atoms with Crippen molar-refractivity contribution in [2.45, 2.75) is 57.4 Å². The average Bonchev–Trinajstić information content (AvgIpc) is 2.73. The van der Waals surface area contributed by atoms with Crippen LogP contribution in [0.5, 0.6) is 5.75 Å².